The van der Waals surface area contributed by atoms with Gasteiger partial charge in [-0.3, -0.25) is 9.78 Å². The Balaban J connectivity index is 2.64. The van der Waals surface area contributed by atoms with Gasteiger partial charge >= 0.3 is 5.97 Å². The van der Waals surface area contributed by atoms with Crippen molar-refractivity contribution in [3.8, 4) is 0 Å². The Hall–Kier alpha value is -1.91. The molecule has 0 saturated heterocycles. The molecule has 1 amide bonds. The van der Waals surface area contributed by atoms with Crippen LogP contribution in [0.25, 0.3) is 0 Å². The van der Waals surface area contributed by atoms with Crippen LogP contribution in [0.3, 0.4) is 0 Å². The van der Waals surface area contributed by atoms with E-state index in [0.717, 1.165) is 5.69 Å². The predicted octanol–water partition coefficient (Wildman–Crippen LogP) is 0.302. The fraction of sp³-hybridized carbons (Fsp3) is 0.364. The first-order chi connectivity index (χ1) is 7.77. The van der Waals surface area contributed by atoms with Crippen LogP contribution < -0.4 is 5.32 Å². The number of carbonyl (C=O) groups excluding carboxylic acids is 2. The zero-order valence-electron chi connectivity index (χ0n) is 9.05. The van der Waals surface area contributed by atoms with Gasteiger partial charge in [-0.15, -0.1) is 0 Å². The summed E-state index contributed by atoms with van der Waals surface area (Å²) in [6, 6.07) is 4.73. The lowest BCUT2D eigenvalue weighted by atomic mass is 10.1. The monoisotopic (exact) mass is 222 g/mol. The highest BCUT2D eigenvalue weighted by atomic mass is 16.5. The minimum atomic E-state index is -0.674. The molecule has 1 N–H and O–H groups in total. The predicted molar refractivity (Wildman–Crippen MR) is 57.6 cm³/mol. The van der Waals surface area contributed by atoms with Crippen LogP contribution >= 0.6 is 0 Å². The summed E-state index contributed by atoms with van der Waals surface area (Å²) in [4.78, 5) is 25.9. The Labute approximate surface area is 93.8 Å². The van der Waals surface area contributed by atoms with Crippen LogP contribution in [0.4, 0.5) is 0 Å². The van der Waals surface area contributed by atoms with Gasteiger partial charge in [0.2, 0.25) is 6.41 Å². The topological polar surface area (TPSA) is 68.3 Å². The first kappa shape index (κ1) is 12.2. The highest BCUT2D eigenvalue weighted by Gasteiger charge is 2.19. The Morgan fingerprint density at radius 1 is 1.62 bits per heavy atom. The second-order valence-electron chi connectivity index (χ2n) is 3.11. The maximum absolute atomic E-state index is 11.5. The molecule has 5 heteroatoms. The average Bonchev–Trinajstić information content (AvgIpc) is 2.30. The third-order valence-electron chi connectivity index (χ3n) is 1.98. The maximum Gasteiger partial charge on any atom is 0.329 e. The van der Waals surface area contributed by atoms with Gasteiger partial charge in [-0.1, -0.05) is 6.07 Å². The van der Waals surface area contributed by atoms with E-state index in [4.69, 9.17) is 4.74 Å². The second kappa shape index (κ2) is 6.55. The number of nitrogens with zero attached hydrogens (tertiary/aromatic N) is 1. The molecular weight excluding hydrogens is 208 g/mol. The lowest BCUT2D eigenvalue weighted by molar-refractivity contribution is -0.146. The SMILES string of the molecule is CCOC(=O)[C@H](Cc1ccccn1)NC=O. The fourth-order valence-electron chi connectivity index (χ4n) is 1.26. The lowest BCUT2D eigenvalue weighted by Gasteiger charge is -2.13. The van der Waals surface area contributed by atoms with E-state index < -0.39 is 12.0 Å². The van der Waals surface area contributed by atoms with Crippen LogP contribution in [-0.4, -0.2) is 30.0 Å². The molecule has 0 aliphatic rings. The molecule has 0 aliphatic carbocycles. The molecule has 1 rings (SSSR count). The van der Waals surface area contributed by atoms with Gasteiger partial charge in [-0.05, 0) is 19.1 Å². The van der Waals surface area contributed by atoms with Crippen molar-refractivity contribution in [1.29, 1.82) is 0 Å². The summed E-state index contributed by atoms with van der Waals surface area (Å²) in [5, 5.41) is 2.42. The van der Waals surface area contributed by atoms with Crippen LogP contribution in [0.1, 0.15) is 12.6 Å². The Morgan fingerprint density at radius 3 is 3.00 bits per heavy atom. The van der Waals surface area contributed by atoms with Gasteiger partial charge in [0.05, 0.1) is 6.61 Å². The minimum absolute atomic E-state index is 0.290. The molecule has 0 bridgehead atoms. The van der Waals surface area contributed by atoms with Crippen molar-refractivity contribution in [2.75, 3.05) is 6.61 Å². The molecule has 0 saturated carbocycles. The van der Waals surface area contributed by atoms with Crippen LogP contribution in [-0.2, 0) is 20.7 Å². The molecule has 0 aromatic carbocycles. The van der Waals surface area contributed by atoms with Crippen molar-refractivity contribution in [3.05, 3.63) is 30.1 Å². The standard InChI is InChI=1S/C11H14N2O3/c1-2-16-11(15)10(13-8-14)7-9-5-3-4-6-12-9/h3-6,8,10H,2,7H2,1H3,(H,13,14)/t10-/m0/s1. The van der Waals surface area contributed by atoms with Crippen molar-refractivity contribution in [2.24, 2.45) is 0 Å². The van der Waals surface area contributed by atoms with Gasteiger partial charge in [0.1, 0.15) is 6.04 Å². The van der Waals surface area contributed by atoms with Crippen molar-refractivity contribution < 1.29 is 14.3 Å². The van der Waals surface area contributed by atoms with Crippen molar-refractivity contribution in [3.63, 3.8) is 0 Å². The van der Waals surface area contributed by atoms with E-state index >= 15 is 0 Å². The van der Waals surface area contributed by atoms with Gasteiger partial charge in [0, 0.05) is 18.3 Å². The third-order valence-corrected chi connectivity index (χ3v) is 1.98. The molecule has 0 spiro atoms. The molecule has 1 aromatic heterocycles. The van der Waals surface area contributed by atoms with Gasteiger partial charge < -0.3 is 10.1 Å². The highest BCUT2D eigenvalue weighted by Crippen LogP contribution is 2.01. The molecule has 1 atom stereocenters. The lowest BCUT2D eigenvalue weighted by Crippen LogP contribution is -2.39. The van der Waals surface area contributed by atoms with Crippen molar-refractivity contribution in [2.45, 2.75) is 19.4 Å². The molecular formula is C11H14N2O3. The first-order valence-corrected chi connectivity index (χ1v) is 5.04. The summed E-state index contributed by atoms with van der Waals surface area (Å²) in [5.74, 6) is -0.444. The zero-order chi connectivity index (χ0) is 11.8. The summed E-state index contributed by atoms with van der Waals surface area (Å²) < 4.78 is 4.84. The van der Waals surface area contributed by atoms with Crippen LogP contribution in [0.2, 0.25) is 0 Å². The quantitative estimate of drug-likeness (QED) is 0.555. The number of hydrogen-bond acceptors (Lipinski definition) is 4. The van der Waals surface area contributed by atoms with Crippen LogP contribution in [0, 0.1) is 0 Å². The number of rotatable bonds is 6. The molecule has 16 heavy (non-hydrogen) atoms. The molecule has 86 valence electrons. The molecule has 0 unspecified atom stereocenters. The van der Waals surface area contributed by atoms with E-state index in [2.05, 4.69) is 10.3 Å². The van der Waals surface area contributed by atoms with Crippen molar-refractivity contribution >= 4 is 12.4 Å². The minimum Gasteiger partial charge on any atom is -0.464 e. The zero-order valence-corrected chi connectivity index (χ0v) is 9.05. The molecule has 1 aromatic rings. The van der Waals surface area contributed by atoms with E-state index in [0.29, 0.717) is 12.8 Å². The normalized spacial score (nSPS) is 11.6. The Bertz CT molecular complexity index is 340. The number of carbonyl (C=O) groups is 2. The van der Waals surface area contributed by atoms with E-state index in [1.54, 1.807) is 25.3 Å². The molecule has 1 heterocycles. The number of pyridine rings is 1. The molecule has 5 nitrogen and oxygen atoms in total. The maximum atomic E-state index is 11.5. The van der Waals surface area contributed by atoms with E-state index in [9.17, 15) is 9.59 Å². The molecule has 0 aliphatic heterocycles. The summed E-state index contributed by atoms with van der Waals surface area (Å²) in [5.41, 5.74) is 0.731. The smallest absolute Gasteiger partial charge is 0.329 e. The number of amides is 1. The Morgan fingerprint density at radius 2 is 2.44 bits per heavy atom. The Kier molecular flexibility index (Phi) is 4.98. The fourth-order valence-corrected chi connectivity index (χ4v) is 1.26. The van der Waals surface area contributed by atoms with E-state index in [1.807, 2.05) is 6.07 Å². The average molecular weight is 222 g/mol. The summed E-state index contributed by atoms with van der Waals surface area (Å²) in [7, 11) is 0. The number of nitrogens with one attached hydrogen (secondary N) is 1. The molecule has 0 radical (unpaired) electrons. The van der Waals surface area contributed by atoms with Gasteiger partial charge in [-0.2, -0.15) is 0 Å². The van der Waals surface area contributed by atoms with Gasteiger partial charge in [0.25, 0.3) is 0 Å². The summed E-state index contributed by atoms with van der Waals surface area (Å²) >= 11 is 0. The van der Waals surface area contributed by atoms with E-state index in [-0.39, 0.29) is 6.61 Å². The summed E-state index contributed by atoms with van der Waals surface area (Å²) in [6.07, 6.45) is 2.46. The van der Waals surface area contributed by atoms with Gasteiger partial charge in [-0.25, -0.2) is 4.79 Å². The largest absolute Gasteiger partial charge is 0.464 e. The van der Waals surface area contributed by atoms with Crippen LogP contribution in [0.15, 0.2) is 24.4 Å². The highest BCUT2D eigenvalue weighted by molar-refractivity contribution is 5.78. The van der Waals surface area contributed by atoms with Crippen molar-refractivity contribution in [1.82, 2.24) is 10.3 Å². The second-order valence-corrected chi connectivity index (χ2v) is 3.11. The van der Waals surface area contributed by atoms with Crippen LogP contribution in [0.5, 0.6) is 0 Å². The molecule has 0 fully saturated rings. The number of ether oxygens (including phenoxy) is 1. The summed E-state index contributed by atoms with van der Waals surface area (Å²) in [6.45, 7) is 2.01. The number of aromatic nitrogens is 1. The number of esters is 1. The third kappa shape index (κ3) is 3.68. The number of hydrogen-bond donors (Lipinski definition) is 1. The van der Waals surface area contributed by atoms with E-state index in [1.165, 1.54) is 0 Å². The first-order valence-electron chi connectivity index (χ1n) is 5.04. The van der Waals surface area contributed by atoms with Gasteiger partial charge in [0.15, 0.2) is 0 Å².